The van der Waals surface area contributed by atoms with Crippen LogP contribution < -0.4 is 10.1 Å². The molecule has 7 heteroatoms. The fourth-order valence-corrected chi connectivity index (χ4v) is 6.63. The summed E-state index contributed by atoms with van der Waals surface area (Å²) in [6.45, 7) is 5.60. The number of likely N-dealkylation sites (tertiary alicyclic amines) is 1. The Morgan fingerprint density at radius 1 is 0.976 bits per heavy atom. The lowest BCUT2D eigenvalue weighted by Gasteiger charge is -2.53. The fraction of sp³-hybridized carbons (Fsp3) is 0.412. The zero-order chi connectivity index (χ0) is 28.4. The van der Waals surface area contributed by atoms with Crippen LogP contribution in [-0.4, -0.2) is 47.7 Å². The van der Waals surface area contributed by atoms with Crippen molar-refractivity contribution in [3.05, 3.63) is 102 Å². The molecule has 3 heterocycles. The monoisotopic (exact) mass is 554 g/mol. The van der Waals surface area contributed by atoms with Gasteiger partial charge in [-0.25, -0.2) is 4.79 Å². The molecule has 0 radical (unpaired) electrons. The fourth-order valence-electron chi connectivity index (χ4n) is 6.63. The molecule has 3 aliphatic rings. The lowest BCUT2D eigenvalue weighted by molar-refractivity contribution is -0.189. The Balaban J connectivity index is 1.15. The first-order valence-corrected chi connectivity index (χ1v) is 14.6. The van der Waals surface area contributed by atoms with Crippen LogP contribution in [0.25, 0.3) is 0 Å². The van der Waals surface area contributed by atoms with E-state index in [1.54, 1.807) is 0 Å². The molecule has 2 amide bonds. The van der Waals surface area contributed by atoms with Crippen molar-refractivity contribution in [1.29, 1.82) is 0 Å². The first kappa shape index (κ1) is 27.3. The summed E-state index contributed by atoms with van der Waals surface area (Å²) < 4.78 is 18.7. The Hall–Kier alpha value is -3.84. The number of fused-ring (bicyclic) bond motifs is 4. The van der Waals surface area contributed by atoms with E-state index in [1.165, 1.54) is 0 Å². The summed E-state index contributed by atoms with van der Waals surface area (Å²) in [5.74, 6) is 1.19. The molecule has 5 atom stereocenters. The number of alkyl carbamates (subject to hydrolysis) is 1. The maximum absolute atomic E-state index is 14.0. The zero-order valence-corrected chi connectivity index (χ0v) is 23.7. The van der Waals surface area contributed by atoms with Crippen LogP contribution >= 0.6 is 0 Å². The number of amides is 2. The van der Waals surface area contributed by atoms with Gasteiger partial charge < -0.3 is 24.4 Å². The summed E-state index contributed by atoms with van der Waals surface area (Å²) in [7, 11) is 0. The highest BCUT2D eigenvalue weighted by Crippen LogP contribution is 2.52. The highest BCUT2D eigenvalue weighted by molar-refractivity contribution is 5.86. The number of para-hydroxylation sites is 1. The van der Waals surface area contributed by atoms with Crippen molar-refractivity contribution in [3.63, 3.8) is 0 Å². The predicted octanol–water partition coefficient (Wildman–Crippen LogP) is 5.69. The van der Waals surface area contributed by atoms with Gasteiger partial charge in [-0.1, -0.05) is 78.9 Å². The van der Waals surface area contributed by atoms with E-state index in [9.17, 15) is 9.59 Å². The van der Waals surface area contributed by atoms with Crippen molar-refractivity contribution < 1.29 is 23.8 Å². The molecule has 41 heavy (non-hydrogen) atoms. The molecule has 0 unspecified atom stereocenters. The first-order chi connectivity index (χ1) is 19.9. The van der Waals surface area contributed by atoms with Gasteiger partial charge in [-0.15, -0.1) is 0 Å². The maximum atomic E-state index is 14.0. The lowest BCUT2D eigenvalue weighted by atomic mass is 9.70. The van der Waals surface area contributed by atoms with Crippen molar-refractivity contribution in [2.45, 2.75) is 63.6 Å². The number of carbonyl (C=O) groups is 2. The largest absolute Gasteiger partial charge is 0.487 e. The third-order valence-electron chi connectivity index (χ3n) is 8.80. The molecule has 6 rings (SSSR count). The number of benzene rings is 3. The van der Waals surface area contributed by atoms with Crippen molar-refractivity contribution in [3.8, 4) is 5.75 Å². The summed E-state index contributed by atoms with van der Waals surface area (Å²) in [6, 6.07) is 26.7. The molecule has 0 spiro atoms. The van der Waals surface area contributed by atoms with Gasteiger partial charge in [0.1, 0.15) is 24.0 Å². The van der Waals surface area contributed by atoms with Crippen LogP contribution in [-0.2, 0) is 27.3 Å². The minimum Gasteiger partial charge on any atom is -0.487 e. The van der Waals surface area contributed by atoms with E-state index < -0.39 is 12.1 Å². The molecule has 0 saturated carbocycles. The van der Waals surface area contributed by atoms with Crippen LogP contribution in [0.1, 0.15) is 49.5 Å². The van der Waals surface area contributed by atoms with Crippen LogP contribution in [0, 0.1) is 11.8 Å². The predicted molar refractivity (Wildman–Crippen MR) is 155 cm³/mol. The normalized spacial score (nSPS) is 25.0. The SMILES string of the molecule is CC1(C)Oc2ccccc2[C@@H]2O[C@@H]3CCN(C(=O)[C@H](Cc4ccccc4)NC(=O)OCc4ccccc4)C[C@@H]3C[C@H]21. The summed E-state index contributed by atoms with van der Waals surface area (Å²) in [5, 5.41) is 2.87. The quantitative estimate of drug-likeness (QED) is 0.424. The topological polar surface area (TPSA) is 77.1 Å². The van der Waals surface area contributed by atoms with E-state index in [1.807, 2.05) is 83.8 Å². The third kappa shape index (κ3) is 5.96. The molecule has 0 aromatic heterocycles. The van der Waals surface area contributed by atoms with Gasteiger partial charge in [-0.2, -0.15) is 0 Å². The smallest absolute Gasteiger partial charge is 0.408 e. The van der Waals surface area contributed by atoms with Crippen molar-refractivity contribution in [1.82, 2.24) is 10.2 Å². The van der Waals surface area contributed by atoms with Crippen LogP contribution in [0.3, 0.4) is 0 Å². The Morgan fingerprint density at radius 2 is 1.66 bits per heavy atom. The Morgan fingerprint density at radius 3 is 2.41 bits per heavy atom. The van der Waals surface area contributed by atoms with Crippen LogP contribution in [0.4, 0.5) is 4.79 Å². The minimum absolute atomic E-state index is 0.00895. The Bertz CT molecular complexity index is 1360. The van der Waals surface area contributed by atoms with Gasteiger partial charge in [0.05, 0.1) is 12.2 Å². The minimum atomic E-state index is -0.726. The number of rotatable bonds is 6. The average molecular weight is 555 g/mol. The van der Waals surface area contributed by atoms with E-state index in [0.29, 0.717) is 19.5 Å². The van der Waals surface area contributed by atoms with E-state index in [0.717, 1.165) is 35.3 Å². The highest BCUT2D eigenvalue weighted by atomic mass is 16.5. The van der Waals surface area contributed by atoms with Gasteiger partial charge in [-0.3, -0.25) is 4.79 Å². The van der Waals surface area contributed by atoms with Crippen molar-refractivity contribution in [2.75, 3.05) is 13.1 Å². The Labute approximate surface area is 241 Å². The van der Waals surface area contributed by atoms with Gasteiger partial charge in [0.25, 0.3) is 0 Å². The van der Waals surface area contributed by atoms with Gasteiger partial charge >= 0.3 is 6.09 Å². The second-order valence-electron chi connectivity index (χ2n) is 12.0. The van der Waals surface area contributed by atoms with Gasteiger partial charge in [0, 0.05) is 36.9 Å². The summed E-state index contributed by atoms with van der Waals surface area (Å²) in [6.07, 6.45) is 1.55. The molecule has 214 valence electrons. The molecule has 3 aliphatic heterocycles. The molecule has 2 fully saturated rings. The van der Waals surface area contributed by atoms with Gasteiger partial charge in [0.15, 0.2) is 0 Å². The number of hydrogen-bond donors (Lipinski definition) is 1. The molecular weight excluding hydrogens is 516 g/mol. The number of hydrogen-bond acceptors (Lipinski definition) is 5. The number of nitrogens with one attached hydrogen (secondary N) is 1. The molecule has 3 aromatic rings. The summed E-state index contributed by atoms with van der Waals surface area (Å²) in [4.78, 5) is 28.7. The molecular formula is C34H38N2O5. The van der Waals surface area contributed by atoms with E-state index >= 15 is 0 Å². The second-order valence-corrected chi connectivity index (χ2v) is 12.0. The Kier molecular flexibility index (Phi) is 7.71. The maximum Gasteiger partial charge on any atom is 0.408 e. The van der Waals surface area contributed by atoms with Gasteiger partial charge in [-0.05, 0) is 43.9 Å². The number of piperidine rings is 1. The van der Waals surface area contributed by atoms with E-state index in [-0.39, 0.29) is 42.2 Å². The molecule has 1 N–H and O–H groups in total. The third-order valence-corrected chi connectivity index (χ3v) is 8.80. The van der Waals surface area contributed by atoms with Crippen molar-refractivity contribution in [2.24, 2.45) is 11.8 Å². The van der Waals surface area contributed by atoms with Crippen molar-refractivity contribution >= 4 is 12.0 Å². The molecule has 2 saturated heterocycles. The van der Waals surface area contributed by atoms with Crippen LogP contribution in [0.5, 0.6) is 5.75 Å². The standard InChI is InChI=1S/C34H38N2O5/c1-34(2)27-20-25-21-36(18-17-29(25)40-31(27)26-15-9-10-16-30(26)41-34)32(37)28(19-23-11-5-3-6-12-23)35-33(38)39-22-24-13-7-4-8-14-24/h3-16,25,27-29,31H,17-22H2,1-2H3,(H,35,38)/t25-,27+,28-,29+,31-/m0/s1. The molecule has 7 nitrogen and oxygen atoms in total. The van der Waals surface area contributed by atoms with Crippen LogP contribution in [0.15, 0.2) is 84.9 Å². The average Bonchev–Trinajstić information content (AvgIpc) is 2.99. The van der Waals surface area contributed by atoms with E-state index in [4.69, 9.17) is 14.2 Å². The first-order valence-electron chi connectivity index (χ1n) is 14.6. The highest BCUT2D eigenvalue weighted by Gasteiger charge is 2.51. The summed E-state index contributed by atoms with van der Waals surface area (Å²) >= 11 is 0. The second kappa shape index (κ2) is 11.6. The number of nitrogens with zero attached hydrogens (tertiary/aromatic N) is 1. The number of carbonyl (C=O) groups excluding carboxylic acids is 2. The number of ether oxygens (including phenoxy) is 3. The zero-order valence-electron chi connectivity index (χ0n) is 23.7. The van der Waals surface area contributed by atoms with Crippen LogP contribution in [0.2, 0.25) is 0 Å². The molecule has 0 aliphatic carbocycles. The van der Waals surface area contributed by atoms with Gasteiger partial charge in [0.2, 0.25) is 5.91 Å². The van der Waals surface area contributed by atoms with E-state index in [2.05, 4.69) is 25.2 Å². The molecule has 3 aromatic carbocycles. The summed E-state index contributed by atoms with van der Waals surface area (Å²) in [5.41, 5.74) is 2.61. The molecule has 0 bridgehead atoms. The lowest BCUT2D eigenvalue weighted by Crippen LogP contribution is -2.58.